The van der Waals surface area contributed by atoms with Crippen LogP contribution >= 0.6 is 0 Å². The zero-order valence-corrected chi connectivity index (χ0v) is 10.2. The molecule has 1 amide bonds. The number of para-hydroxylation sites is 1. The van der Waals surface area contributed by atoms with Gasteiger partial charge >= 0.3 is 6.18 Å². The van der Waals surface area contributed by atoms with E-state index >= 15 is 0 Å². The summed E-state index contributed by atoms with van der Waals surface area (Å²) in [5.74, 6) is -0.322. The highest BCUT2D eigenvalue weighted by Gasteiger charge is 2.43. The van der Waals surface area contributed by atoms with Crippen molar-refractivity contribution < 1.29 is 18.0 Å². The molecule has 1 aliphatic heterocycles. The third kappa shape index (κ3) is 1.72. The summed E-state index contributed by atoms with van der Waals surface area (Å²) in [5.41, 5.74) is -1.56. The van der Waals surface area contributed by atoms with E-state index < -0.39 is 17.3 Å². The third-order valence-corrected chi connectivity index (χ3v) is 3.32. The number of halogens is 3. The summed E-state index contributed by atoms with van der Waals surface area (Å²) in [6, 6.07) is 3.77. The van der Waals surface area contributed by atoms with Crippen LogP contribution in [-0.2, 0) is 11.0 Å². The van der Waals surface area contributed by atoms with Gasteiger partial charge in [0.05, 0.1) is 16.9 Å². The van der Waals surface area contributed by atoms with Gasteiger partial charge in [-0.2, -0.15) is 13.2 Å². The van der Waals surface area contributed by atoms with Crippen LogP contribution in [0.1, 0.15) is 19.4 Å². The molecule has 0 fully saturated rings. The van der Waals surface area contributed by atoms with Crippen molar-refractivity contribution >= 4 is 17.3 Å². The highest BCUT2D eigenvalue weighted by Crippen LogP contribution is 2.44. The first-order valence-electron chi connectivity index (χ1n) is 5.41. The molecule has 18 heavy (non-hydrogen) atoms. The van der Waals surface area contributed by atoms with Gasteiger partial charge in [-0.15, -0.1) is 0 Å². The van der Waals surface area contributed by atoms with Gasteiger partial charge in [-0.05, 0) is 26.0 Å². The quantitative estimate of drug-likeness (QED) is 0.776. The summed E-state index contributed by atoms with van der Waals surface area (Å²) in [5, 5.41) is 2.51. The smallest absolute Gasteiger partial charge is 0.358 e. The first-order valence-corrected chi connectivity index (χ1v) is 5.41. The number of hydrogen-bond donors (Lipinski definition) is 1. The fourth-order valence-electron chi connectivity index (χ4n) is 1.94. The number of amides is 1. The summed E-state index contributed by atoms with van der Waals surface area (Å²) in [6.07, 6.45) is -4.45. The van der Waals surface area contributed by atoms with E-state index in [1.54, 1.807) is 13.8 Å². The molecule has 0 radical (unpaired) electrons. The topological polar surface area (TPSA) is 32.3 Å². The SMILES string of the molecule is CN1c2c(cccc2C(F)(F)F)NC(=O)C1(C)C. The van der Waals surface area contributed by atoms with Gasteiger partial charge in [-0.25, -0.2) is 0 Å². The lowest BCUT2D eigenvalue weighted by Crippen LogP contribution is -2.54. The molecule has 1 aliphatic rings. The molecule has 6 heteroatoms. The van der Waals surface area contributed by atoms with Crippen molar-refractivity contribution in [2.45, 2.75) is 25.6 Å². The predicted octanol–water partition coefficient (Wildman–Crippen LogP) is 2.87. The molecular weight excluding hydrogens is 245 g/mol. The van der Waals surface area contributed by atoms with Crippen LogP contribution in [0.15, 0.2) is 18.2 Å². The number of nitrogens with zero attached hydrogens (tertiary/aromatic N) is 1. The molecule has 0 bridgehead atoms. The lowest BCUT2D eigenvalue weighted by Gasteiger charge is -2.42. The summed E-state index contributed by atoms with van der Waals surface area (Å²) in [4.78, 5) is 13.2. The molecule has 1 aromatic rings. The molecule has 0 atom stereocenters. The summed E-state index contributed by atoms with van der Waals surface area (Å²) in [6.45, 7) is 3.16. The first kappa shape index (κ1) is 12.7. The van der Waals surface area contributed by atoms with Gasteiger partial charge in [0.1, 0.15) is 5.54 Å². The zero-order valence-electron chi connectivity index (χ0n) is 10.2. The van der Waals surface area contributed by atoms with Crippen LogP contribution < -0.4 is 10.2 Å². The van der Waals surface area contributed by atoms with Gasteiger partial charge in [0, 0.05) is 7.05 Å². The van der Waals surface area contributed by atoms with Crippen LogP contribution in [-0.4, -0.2) is 18.5 Å². The molecular formula is C12H13F3N2O. The number of likely N-dealkylation sites (N-methyl/N-ethyl adjacent to an activating group) is 1. The maximum absolute atomic E-state index is 13.0. The fraction of sp³-hybridized carbons (Fsp3) is 0.417. The third-order valence-electron chi connectivity index (χ3n) is 3.32. The molecule has 0 saturated carbocycles. The lowest BCUT2D eigenvalue weighted by atomic mass is 9.95. The molecule has 98 valence electrons. The highest BCUT2D eigenvalue weighted by molar-refractivity contribution is 6.06. The molecule has 1 heterocycles. The molecule has 0 saturated heterocycles. The number of anilines is 2. The molecule has 1 aromatic carbocycles. The van der Waals surface area contributed by atoms with Gasteiger partial charge in [-0.3, -0.25) is 4.79 Å². The van der Waals surface area contributed by atoms with Crippen LogP contribution in [0.2, 0.25) is 0 Å². The minimum atomic E-state index is -4.45. The molecule has 1 N–H and O–H groups in total. The Labute approximate surface area is 103 Å². The number of fused-ring (bicyclic) bond motifs is 1. The number of nitrogens with one attached hydrogen (secondary N) is 1. The Hall–Kier alpha value is -1.72. The number of benzene rings is 1. The van der Waals surface area contributed by atoms with Crippen molar-refractivity contribution in [1.29, 1.82) is 0 Å². The van der Waals surface area contributed by atoms with Crippen LogP contribution in [0.25, 0.3) is 0 Å². The molecule has 0 unspecified atom stereocenters. The average molecular weight is 258 g/mol. The second-order valence-electron chi connectivity index (χ2n) is 4.77. The number of carbonyl (C=O) groups is 1. The van der Waals surface area contributed by atoms with Gasteiger partial charge in [-0.1, -0.05) is 6.07 Å². The Kier molecular flexibility index (Phi) is 2.57. The summed E-state index contributed by atoms with van der Waals surface area (Å²) >= 11 is 0. The van der Waals surface area contributed by atoms with Gasteiger partial charge in [0.25, 0.3) is 0 Å². The largest absolute Gasteiger partial charge is 0.418 e. The van der Waals surface area contributed by atoms with Gasteiger partial charge < -0.3 is 10.2 Å². The van der Waals surface area contributed by atoms with Crippen LogP contribution in [0.4, 0.5) is 24.5 Å². The minimum absolute atomic E-state index is 0.00889. The summed E-state index contributed by atoms with van der Waals surface area (Å²) < 4.78 is 38.9. The number of alkyl halides is 3. The number of hydrogen-bond acceptors (Lipinski definition) is 2. The maximum Gasteiger partial charge on any atom is 0.418 e. The van der Waals surface area contributed by atoms with Crippen LogP contribution in [0, 0.1) is 0 Å². The van der Waals surface area contributed by atoms with Crippen molar-refractivity contribution in [3.05, 3.63) is 23.8 Å². The Bertz CT molecular complexity index is 509. The second kappa shape index (κ2) is 3.63. The fourth-order valence-corrected chi connectivity index (χ4v) is 1.94. The highest BCUT2D eigenvalue weighted by atomic mass is 19.4. The molecule has 0 aromatic heterocycles. The van der Waals surface area contributed by atoms with E-state index in [9.17, 15) is 18.0 Å². The van der Waals surface area contributed by atoms with Crippen LogP contribution in [0.5, 0.6) is 0 Å². The summed E-state index contributed by atoms with van der Waals surface area (Å²) in [7, 11) is 1.49. The van der Waals surface area contributed by atoms with Crippen molar-refractivity contribution in [3.63, 3.8) is 0 Å². The monoisotopic (exact) mass is 258 g/mol. The Morgan fingerprint density at radius 1 is 1.28 bits per heavy atom. The number of carbonyl (C=O) groups excluding carboxylic acids is 1. The van der Waals surface area contributed by atoms with E-state index in [0.717, 1.165) is 6.07 Å². The van der Waals surface area contributed by atoms with E-state index in [0.29, 0.717) is 0 Å². The standard InChI is InChI=1S/C12H13F3N2O/c1-11(2)10(18)16-8-6-4-5-7(12(13,14)15)9(8)17(11)3/h4-6H,1-3H3,(H,16,18). The molecule has 0 spiro atoms. The van der Waals surface area contributed by atoms with Crippen molar-refractivity contribution in [1.82, 2.24) is 0 Å². The normalized spacial score (nSPS) is 18.3. The second-order valence-corrected chi connectivity index (χ2v) is 4.77. The number of rotatable bonds is 0. The van der Waals surface area contributed by atoms with E-state index in [-0.39, 0.29) is 17.3 Å². The zero-order chi connectivity index (χ0) is 13.7. The van der Waals surface area contributed by atoms with E-state index in [1.807, 2.05) is 0 Å². The average Bonchev–Trinajstić information content (AvgIpc) is 2.25. The lowest BCUT2D eigenvalue weighted by molar-refractivity contribution is -0.137. The van der Waals surface area contributed by atoms with E-state index in [1.165, 1.54) is 24.1 Å². The van der Waals surface area contributed by atoms with E-state index in [2.05, 4.69) is 5.32 Å². The van der Waals surface area contributed by atoms with Crippen molar-refractivity contribution in [2.24, 2.45) is 0 Å². The Morgan fingerprint density at radius 2 is 1.89 bits per heavy atom. The minimum Gasteiger partial charge on any atom is -0.358 e. The van der Waals surface area contributed by atoms with Crippen molar-refractivity contribution in [3.8, 4) is 0 Å². The maximum atomic E-state index is 13.0. The van der Waals surface area contributed by atoms with E-state index in [4.69, 9.17) is 0 Å². The first-order chi connectivity index (χ1) is 8.15. The Balaban J connectivity index is 2.67. The molecule has 0 aliphatic carbocycles. The molecule has 3 nitrogen and oxygen atoms in total. The van der Waals surface area contributed by atoms with Gasteiger partial charge in [0.15, 0.2) is 0 Å². The van der Waals surface area contributed by atoms with Crippen molar-refractivity contribution in [2.75, 3.05) is 17.3 Å². The van der Waals surface area contributed by atoms with Crippen LogP contribution in [0.3, 0.4) is 0 Å². The van der Waals surface area contributed by atoms with Gasteiger partial charge in [0.2, 0.25) is 5.91 Å². The predicted molar refractivity (Wildman–Crippen MR) is 62.6 cm³/mol. The molecule has 2 rings (SSSR count). The Morgan fingerprint density at radius 3 is 2.44 bits per heavy atom.